The molecule has 1 aliphatic rings. The highest BCUT2D eigenvalue weighted by atomic mass is 32.1. The van der Waals surface area contributed by atoms with Crippen molar-refractivity contribution in [1.29, 1.82) is 0 Å². The Labute approximate surface area is 151 Å². The highest BCUT2D eigenvalue weighted by Crippen LogP contribution is 2.29. The van der Waals surface area contributed by atoms with Crippen LogP contribution in [0.4, 0.5) is 8.78 Å². The van der Waals surface area contributed by atoms with Crippen LogP contribution in [0.2, 0.25) is 0 Å². The van der Waals surface area contributed by atoms with Crippen LogP contribution in [0.15, 0.2) is 23.3 Å². The first-order valence-electron chi connectivity index (χ1n) is 8.39. The number of alkyl halides is 2. The molecular weight excluding hydrogens is 348 g/mol. The summed E-state index contributed by atoms with van der Waals surface area (Å²) in [5.41, 5.74) is 3.45. The van der Waals surface area contributed by atoms with E-state index in [1.807, 2.05) is 0 Å². The van der Waals surface area contributed by atoms with Gasteiger partial charge in [-0.15, -0.1) is 0 Å². The summed E-state index contributed by atoms with van der Waals surface area (Å²) < 4.78 is 34.5. The van der Waals surface area contributed by atoms with Crippen LogP contribution in [0.25, 0.3) is 0 Å². The summed E-state index contributed by atoms with van der Waals surface area (Å²) in [6, 6.07) is 5.03. The van der Waals surface area contributed by atoms with Crippen molar-refractivity contribution >= 4 is 23.5 Å². The first kappa shape index (κ1) is 19.4. The molecule has 0 unspecified atom stereocenters. The second kappa shape index (κ2) is 10.1. The fourth-order valence-corrected chi connectivity index (χ4v) is 2.92. The van der Waals surface area contributed by atoms with Crippen molar-refractivity contribution in [3.63, 3.8) is 0 Å². The molecular formula is C17H23F2N3O2S. The molecule has 0 amide bonds. The number of nitrogens with zero attached hydrogens (tertiary/aromatic N) is 1. The van der Waals surface area contributed by atoms with Crippen molar-refractivity contribution in [2.24, 2.45) is 5.10 Å². The van der Waals surface area contributed by atoms with E-state index in [-0.39, 0.29) is 11.5 Å². The van der Waals surface area contributed by atoms with E-state index >= 15 is 0 Å². The number of benzene rings is 1. The molecule has 25 heavy (non-hydrogen) atoms. The number of hydrazone groups is 1. The minimum atomic E-state index is -2.90. The van der Waals surface area contributed by atoms with E-state index in [1.54, 1.807) is 25.3 Å². The van der Waals surface area contributed by atoms with Gasteiger partial charge in [0.1, 0.15) is 0 Å². The molecule has 0 heterocycles. The van der Waals surface area contributed by atoms with Gasteiger partial charge < -0.3 is 14.8 Å². The summed E-state index contributed by atoms with van der Waals surface area (Å²) in [6.07, 6.45) is 7.50. The first-order chi connectivity index (χ1) is 12.1. The molecule has 5 nitrogen and oxygen atoms in total. The van der Waals surface area contributed by atoms with Crippen LogP contribution in [-0.2, 0) is 0 Å². The highest BCUT2D eigenvalue weighted by Gasteiger charge is 2.14. The van der Waals surface area contributed by atoms with Crippen LogP contribution in [0, 0.1) is 0 Å². The molecule has 0 spiro atoms. The van der Waals surface area contributed by atoms with Crippen molar-refractivity contribution in [2.75, 3.05) is 6.61 Å². The lowest BCUT2D eigenvalue weighted by molar-refractivity contribution is -0.0514. The van der Waals surface area contributed by atoms with Crippen LogP contribution in [0.3, 0.4) is 0 Å². The molecule has 1 aliphatic carbocycles. The van der Waals surface area contributed by atoms with Crippen molar-refractivity contribution in [2.45, 2.75) is 51.7 Å². The van der Waals surface area contributed by atoms with Gasteiger partial charge in [0.2, 0.25) is 0 Å². The summed E-state index contributed by atoms with van der Waals surface area (Å²) in [4.78, 5) is 0. The van der Waals surface area contributed by atoms with Gasteiger partial charge in [-0.3, -0.25) is 5.43 Å². The summed E-state index contributed by atoms with van der Waals surface area (Å²) >= 11 is 5.22. The number of nitrogens with one attached hydrogen (secondary N) is 2. The molecule has 0 aromatic heterocycles. The zero-order valence-electron chi connectivity index (χ0n) is 14.1. The summed E-state index contributed by atoms with van der Waals surface area (Å²) in [6.45, 7) is -0.791. The second-order valence-electron chi connectivity index (χ2n) is 5.70. The average Bonchev–Trinajstić information content (AvgIpc) is 2.58. The summed E-state index contributed by atoms with van der Waals surface area (Å²) in [7, 11) is 0. The Kier molecular flexibility index (Phi) is 7.84. The SMILES string of the molecule is CCOc1cc(/C=N\NC(=S)NC2CCCCC2)ccc1OC(F)F. The molecule has 138 valence electrons. The van der Waals surface area contributed by atoms with Gasteiger partial charge in [-0.2, -0.15) is 13.9 Å². The lowest BCUT2D eigenvalue weighted by Crippen LogP contribution is -2.40. The monoisotopic (exact) mass is 371 g/mol. The molecule has 0 atom stereocenters. The minimum absolute atomic E-state index is 0.00329. The Hall–Kier alpha value is -1.96. The van der Waals surface area contributed by atoms with Crippen LogP contribution in [0.1, 0.15) is 44.6 Å². The topological polar surface area (TPSA) is 54.9 Å². The second-order valence-corrected chi connectivity index (χ2v) is 6.10. The summed E-state index contributed by atoms with van der Waals surface area (Å²) in [5, 5.41) is 7.80. The zero-order chi connectivity index (χ0) is 18.1. The Morgan fingerprint density at radius 2 is 2.08 bits per heavy atom. The van der Waals surface area contributed by atoms with Crippen molar-refractivity contribution < 1.29 is 18.3 Å². The van der Waals surface area contributed by atoms with Gasteiger partial charge >= 0.3 is 6.61 Å². The molecule has 2 N–H and O–H groups in total. The molecule has 1 saturated carbocycles. The maximum absolute atomic E-state index is 12.4. The predicted molar refractivity (Wildman–Crippen MR) is 97.6 cm³/mol. The van der Waals surface area contributed by atoms with Crippen LogP contribution >= 0.6 is 12.2 Å². The quantitative estimate of drug-likeness (QED) is 0.434. The van der Waals surface area contributed by atoms with Crippen LogP contribution < -0.4 is 20.2 Å². The van der Waals surface area contributed by atoms with E-state index in [2.05, 4.69) is 20.6 Å². The third-order valence-electron chi connectivity index (χ3n) is 3.80. The van der Waals surface area contributed by atoms with E-state index in [4.69, 9.17) is 17.0 Å². The molecule has 0 bridgehead atoms. The Morgan fingerprint density at radius 1 is 1.32 bits per heavy atom. The molecule has 1 aromatic rings. The number of thiocarbonyl (C=S) groups is 1. The fourth-order valence-electron chi connectivity index (χ4n) is 2.70. The number of ether oxygens (including phenoxy) is 2. The third-order valence-corrected chi connectivity index (χ3v) is 4.01. The first-order valence-corrected chi connectivity index (χ1v) is 8.80. The van der Waals surface area contributed by atoms with Gasteiger partial charge in [0.15, 0.2) is 16.6 Å². The molecule has 8 heteroatoms. The normalized spacial score (nSPS) is 15.4. The van der Waals surface area contributed by atoms with Crippen molar-refractivity contribution in [3.8, 4) is 11.5 Å². The molecule has 1 aromatic carbocycles. The lowest BCUT2D eigenvalue weighted by atomic mass is 9.96. The van der Waals surface area contributed by atoms with Gasteiger partial charge in [-0.1, -0.05) is 19.3 Å². The Bertz CT molecular complexity index is 593. The lowest BCUT2D eigenvalue weighted by Gasteiger charge is -2.23. The van der Waals surface area contributed by atoms with E-state index in [9.17, 15) is 8.78 Å². The Balaban J connectivity index is 1.90. The molecule has 1 fully saturated rings. The fraction of sp³-hybridized carbons (Fsp3) is 0.529. The van der Waals surface area contributed by atoms with E-state index in [0.29, 0.717) is 23.3 Å². The van der Waals surface area contributed by atoms with Crippen LogP contribution in [-0.4, -0.2) is 30.6 Å². The van der Waals surface area contributed by atoms with Gasteiger partial charge in [-0.05, 0) is 55.7 Å². The average molecular weight is 371 g/mol. The van der Waals surface area contributed by atoms with Crippen molar-refractivity contribution in [3.05, 3.63) is 23.8 Å². The largest absolute Gasteiger partial charge is 0.490 e. The smallest absolute Gasteiger partial charge is 0.387 e. The maximum Gasteiger partial charge on any atom is 0.387 e. The number of hydrogen-bond donors (Lipinski definition) is 2. The van der Waals surface area contributed by atoms with E-state index in [1.165, 1.54) is 25.3 Å². The van der Waals surface area contributed by atoms with Crippen LogP contribution in [0.5, 0.6) is 11.5 Å². The standard InChI is InChI=1S/C17H23F2N3O2S/c1-2-23-15-10-12(8-9-14(15)24-16(18)19)11-20-22-17(25)21-13-6-4-3-5-7-13/h8-11,13,16H,2-7H2,1H3,(H2,21,22,25)/b20-11-. The third kappa shape index (κ3) is 6.81. The highest BCUT2D eigenvalue weighted by molar-refractivity contribution is 7.80. The number of hydrogen-bond acceptors (Lipinski definition) is 4. The van der Waals surface area contributed by atoms with Gasteiger partial charge in [0.05, 0.1) is 12.8 Å². The minimum Gasteiger partial charge on any atom is -0.490 e. The van der Waals surface area contributed by atoms with E-state index in [0.717, 1.165) is 12.8 Å². The number of rotatable bonds is 7. The number of halogens is 2. The molecule has 0 radical (unpaired) electrons. The predicted octanol–water partition coefficient (Wildman–Crippen LogP) is 3.82. The maximum atomic E-state index is 12.4. The Morgan fingerprint density at radius 3 is 2.76 bits per heavy atom. The zero-order valence-corrected chi connectivity index (χ0v) is 15.0. The van der Waals surface area contributed by atoms with Gasteiger partial charge in [-0.25, -0.2) is 0 Å². The summed E-state index contributed by atoms with van der Waals surface area (Å²) in [5.74, 6) is 0.242. The molecule has 0 aliphatic heterocycles. The van der Waals surface area contributed by atoms with E-state index < -0.39 is 6.61 Å². The molecule has 0 saturated heterocycles. The van der Waals surface area contributed by atoms with Gasteiger partial charge in [0, 0.05) is 6.04 Å². The van der Waals surface area contributed by atoms with Crippen molar-refractivity contribution in [1.82, 2.24) is 10.7 Å². The van der Waals surface area contributed by atoms with Gasteiger partial charge in [0.25, 0.3) is 0 Å². The molecule has 2 rings (SSSR count).